The molecule has 0 unspecified atom stereocenters. The second-order valence-corrected chi connectivity index (χ2v) is 4.44. The highest BCUT2D eigenvalue weighted by Crippen LogP contribution is 2.28. The predicted octanol–water partition coefficient (Wildman–Crippen LogP) is 1.60. The third-order valence-corrected chi connectivity index (χ3v) is 2.97. The molecule has 0 aliphatic heterocycles. The number of ether oxygens (including phenoxy) is 1. The molecule has 0 fully saturated rings. The second kappa shape index (κ2) is 4.55. The van der Waals surface area contributed by atoms with Gasteiger partial charge in [0, 0.05) is 11.4 Å². The SMILES string of the molecule is CNCCOc1ncnc2sc(C)cc12. The number of aromatic nitrogens is 2. The zero-order valence-electron chi connectivity index (χ0n) is 8.78. The molecule has 0 atom stereocenters. The second-order valence-electron chi connectivity index (χ2n) is 3.21. The maximum Gasteiger partial charge on any atom is 0.225 e. The Morgan fingerprint density at radius 3 is 3.13 bits per heavy atom. The first-order valence-corrected chi connectivity index (χ1v) is 5.61. The highest BCUT2D eigenvalue weighted by Gasteiger charge is 2.07. The summed E-state index contributed by atoms with van der Waals surface area (Å²) in [4.78, 5) is 10.6. The Labute approximate surface area is 92.3 Å². The average molecular weight is 223 g/mol. The normalized spacial score (nSPS) is 10.8. The standard InChI is InChI=1S/C10H13N3OS/c1-7-5-8-9(14-4-3-11-2)12-6-13-10(8)15-7/h5-6,11H,3-4H2,1-2H3. The quantitative estimate of drug-likeness (QED) is 0.800. The first-order chi connectivity index (χ1) is 7.31. The van der Waals surface area contributed by atoms with Crippen molar-refractivity contribution < 1.29 is 4.74 Å². The van der Waals surface area contributed by atoms with Gasteiger partial charge in [0.25, 0.3) is 0 Å². The molecule has 15 heavy (non-hydrogen) atoms. The minimum absolute atomic E-state index is 0.623. The Hall–Kier alpha value is -1.20. The molecule has 0 saturated heterocycles. The van der Waals surface area contributed by atoms with Gasteiger partial charge in [0.05, 0.1) is 5.39 Å². The molecule has 0 spiro atoms. The van der Waals surface area contributed by atoms with E-state index in [1.54, 1.807) is 17.7 Å². The summed E-state index contributed by atoms with van der Waals surface area (Å²) in [5, 5.41) is 4.04. The number of aryl methyl sites for hydroxylation is 1. The van der Waals surface area contributed by atoms with Gasteiger partial charge in [-0.2, -0.15) is 0 Å². The van der Waals surface area contributed by atoms with Gasteiger partial charge in [-0.25, -0.2) is 9.97 Å². The van der Waals surface area contributed by atoms with E-state index in [2.05, 4.69) is 28.3 Å². The van der Waals surface area contributed by atoms with Gasteiger partial charge in [-0.05, 0) is 20.0 Å². The van der Waals surface area contributed by atoms with Gasteiger partial charge < -0.3 is 10.1 Å². The zero-order chi connectivity index (χ0) is 10.7. The summed E-state index contributed by atoms with van der Waals surface area (Å²) < 4.78 is 5.57. The van der Waals surface area contributed by atoms with E-state index in [0.29, 0.717) is 12.5 Å². The van der Waals surface area contributed by atoms with E-state index in [1.807, 2.05) is 7.05 Å². The Bertz CT molecular complexity index is 455. The molecule has 1 N–H and O–H groups in total. The molecule has 0 saturated carbocycles. The van der Waals surface area contributed by atoms with E-state index < -0.39 is 0 Å². The molecule has 4 nitrogen and oxygen atoms in total. The van der Waals surface area contributed by atoms with Crippen molar-refractivity contribution in [3.8, 4) is 5.88 Å². The monoisotopic (exact) mass is 223 g/mol. The molecule has 80 valence electrons. The average Bonchev–Trinajstić information content (AvgIpc) is 2.59. The molecule has 0 amide bonds. The Morgan fingerprint density at radius 1 is 1.47 bits per heavy atom. The Morgan fingerprint density at radius 2 is 2.33 bits per heavy atom. The number of fused-ring (bicyclic) bond motifs is 1. The van der Waals surface area contributed by atoms with Crippen LogP contribution in [-0.4, -0.2) is 30.2 Å². The van der Waals surface area contributed by atoms with Crippen LogP contribution >= 0.6 is 11.3 Å². The molecule has 2 rings (SSSR count). The van der Waals surface area contributed by atoms with Gasteiger partial charge in [-0.15, -0.1) is 11.3 Å². The number of hydrogen-bond acceptors (Lipinski definition) is 5. The summed E-state index contributed by atoms with van der Waals surface area (Å²) in [6.07, 6.45) is 1.55. The number of nitrogens with one attached hydrogen (secondary N) is 1. The van der Waals surface area contributed by atoms with Crippen molar-refractivity contribution in [2.24, 2.45) is 0 Å². The molecular weight excluding hydrogens is 210 g/mol. The summed E-state index contributed by atoms with van der Waals surface area (Å²) in [6, 6.07) is 2.06. The van der Waals surface area contributed by atoms with Crippen molar-refractivity contribution in [3.05, 3.63) is 17.3 Å². The molecule has 0 bridgehead atoms. The van der Waals surface area contributed by atoms with Crippen molar-refractivity contribution >= 4 is 21.6 Å². The first-order valence-electron chi connectivity index (χ1n) is 4.80. The van der Waals surface area contributed by atoms with Crippen LogP contribution in [0, 0.1) is 6.92 Å². The minimum atomic E-state index is 0.623. The summed E-state index contributed by atoms with van der Waals surface area (Å²) >= 11 is 1.66. The summed E-state index contributed by atoms with van der Waals surface area (Å²) in [5.74, 6) is 0.680. The van der Waals surface area contributed by atoms with E-state index in [1.165, 1.54) is 4.88 Å². The smallest absolute Gasteiger partial charge is 0.225 e. The van der Waals surface area contributed by atoms with Gasteiger partial charge in [-0.1, -0.05) is 0 Å². The van der Waals surface area contributed by atoms with Crippen LogP contribution in [0.4, 0.5) is 0 Å². The highest BCUT2D eigenvalue weighted by atomic mass is 32.1. The molecule has 2 aromatic rings. The third kappa shape index (κ3) is 2.24. The lowest BCUT2D eigenvalue weighted by Crippen LogP contribution is -2.16. The van der Waals surface area contributed by atoms with Gasteiger partial charge in [0.15, 0.2) is 0 Å². The maximum absolute atomic E-state index is 5.57. The molecule has 2 heterocycles. The van der Waals surface area contributed by atoms with Crippen molar-refractivity contribution in [3.63, 3.8) is 0 Å². The van der Waals surface area contributed by atoms with Crippen LogP contribution < -0.4 is 10.1 Å². The number of likely N-dealkylation sites (N-methyl/N-ethyl adjacent to an activating group) is 1. The van der Waals surface area contributed by atoms with Crippen molar-refractivity contribution in [2.75, 3.05) is 20.2 Å². The third-order valence-electron chi connectivity index (χ3n) is 2.01. The molecule has 0 aromatic carbocycles. The molecule has 5 heteroatoms. The number of hydrogen-bond donors (Lipinski definition) is 1. The summed E-state index contributed by atoms with van der Waals surface area (Å²) in [7, 11) is 1.90. The predicted molar refractivity (Wildman–Crippen MR) is 61.6 cm³/mol. The maximum atomic E-state index is 5.57. The minimum Gasteiger partial charge on any atom is -0.476 e. The van der Waals surface area contributed by atoms with Crippen LogP contribution in [0.2, 0.25) is 0 Å². The fourth-order valence-electron chi connectivity index (χ4n) is 1.32. The van der Waals surface area contributed by atoms with Crippen LogP contribution in [0.5, 0.6) is 5.88 Å². The van der Waals surface area contributed by atoms with E-state index in [-0.39, 0.29) is 0 Å². The van der Waals surface area contributed by atoms with Crippen LogP contribution in [0.15, 0.2) is 12.4 Å². The largest absolute Gasteiger partial charge is 0.476 e. The topological polar surface area (TPSA) is 47.0 Å². The Balaban J connectivity index is 2.25. The molecular formula is C10H13N3OS. The lowest BCUT2D eigenvalue weighted by molar-refractivity contribution is 0.310. The Kier molecular flexibility index (Phi) is 3.13. The number of thiophene rings is 1. The van der Waals surface area contributed by atoms with E-state index in [9.17, 15) is 0 Å². The molecule has 0 aliphatic carbocycles. The van der Waals surface area contributed by atoms with E-state index in [0.717, 1.165) is 16.8 Å². The molecule has 2 aromatic heterocycles. The lowest BCUT2D eigenvalue weighted by Gasteiger charge is -2.04. The lowest BCUT2D eigenvalue weighted by atomic mass is 10.3. The number of nitrogens with zero attached hydrogens (tertiary/aromatic N) is 2. The van der Waals surface area contributed by atoms with Crippen LogP contribution in [0.25, 0.3) is 10.2 Å². The van der Waals surface area contributed by atoms with Crippen LogP contribution in [0.3, 0.4) is 0 Å². The van der Waals surface area contributed by atoms with Gasteiger partial charge in [0.2, 0.25) is 5.88 Å². The van der Waals surface area contributed by atoms with Crippen LogP contribution in [-0.2, 0) is 0 Å². The van der Waals surface area contributed by atoms with Crippen molar-refractivity contribution in [2.45, 2.75) is 6.92 Å². The molecule has 0 aliphatic rings. The summed E-state index contributed by atoms with van der Waals surface area (Å²) in [5.41, 5.74) is 0. The fourth-order valence-corrected chi connectivity index (χ4v) is 2.16. The van der Waals surface area contributed by atoms with E-state index >= 15 is 0 Å². The van der Waals surface area contributed by atoms with Gasteiger partial charge >= 0.3 is 0 Å². The fraction of sp³-hybridized carbons (Fsp3) is 0.400. The molecule has 0 radical (unpaired) electrons. The van der Waals surface area contributed by atoms with Crippen molar-refractivity contribution in [1.82, 2.24) is 15.3 Å². The van der Waals surface area contributed by atoms with E-state index in [4.69, 9.17) is 4.74 Å². The van der Waals surface area contributed by atoms with Crippen molar-refractivity contribution in [1.29, 1.82) is 0 Å². The zero-order valence-corrected chi connectivity index (χ0v) is 9.60. The number of rotatable bonds is 4. The van der Waals surface area contributed by atoms with Gasteiger partial charge in [0.1, 0.15) is 17.8 Å². The van der Waals surface area contributed by atoms with Gasteiger partial charge in [-0.3, -0.25) is 0 Å². The summed E-state index contributed by atoms with van der Waals surface area (Å²) in [6.45, 7) is 3.50. The first kappa shape index (κ1) is 10.3. The highest BCUT2D eigenvalue weighted by molar-refractivity contribution is 7.18. The van der Waals surface area contributed by atoms with Crippen LogP contribution in [0.1, 0.15) is 4.88 Å².